The van der Waals surface area contributed by atoms with Crippen LogP contribution in [0.1, 0.15) is 35.3 Å². The second-order valence-corrected chi connectivity index (χ2v) is 8.57. The Balaban J connectivity index is 1.15. The van der Waals surface area contributed by atoms with Crippen molar-refractivity contribution in [2.45, 2.75) is 32.2 Å². The number of amides is 1. The Labute approximate surface area is 172 Å². The molecule has 0 spiro atoms. The van der Waals surface area contributed by atoms with E-state index in [9.17, 15) is 4.79 Å². The van der Waals surface area contributed by atoms with Gasteiger partial charge >= 0.3 is 0 Å². The van der Waals surface area contributed by atoms with Crippen molar-refractivity contribution in [2.75, 3.05) is 50.7 Å². The minimum atomic E-state index is 0.192. The van der Waals surface area contributed by atoms with Gasteiger partial charge in [-0.2, -0.15) is 5.10 Å². The Morgan fingerprint density at radius 1 is 1.07 bits per heavy atom. The highest BCUT2D eigenvalue weighted by Crippen LogP contribution is 2.24. The summed E-state index contributed by atoms with van der Waals surface area (Å²) in [6, 6.07) is 6.11. The van der Waals surface area contributed by atoms with Gasteiger partial charge in [0, 0.05) is 58.6 Å². The molecule has 3 aliphatic heterocycles. The summed E-state index contributed by atoms with van der Waals surface area (Å²) in [4.78, 5) is 24.6. The highest BCUT2D eigenvalue weighted by atomic mass is 16.2. The average Bonchev–Trinajstić information content (AvgIpc) is 3.39. The normalized spacial score (nSPS) is 22.7. The summed E-state index contributed by atoms with van der Waals surface area (Å²) in [6.45, 7) is 7.98. The quantitative estimate of drug-likeness (QED) is 0.793. The molecule has 5 rings (SSSR count). The fraction of sp³-hybridized carbons (Fsp3) is 0.591. The number of rotatable bonds is 4. The summed E-state index contributed by atoms with van der Waals surface area (Å²) >= 11 is 0. The van der Waals surface area contributed by atoms with E-state index in [-0.39, 0.29) is 5.91 Å². The van der Waals surface area contributed by atoms with Crippen molar-refractivity contribution in [1.29, 1.82) is 0 Å². The molecule has 2 saturated heterocycles. The van der Waals surface area contributed by atoms with Crippen LogP contribution in [0.2, 0.25) is 0 Å². The summed E-state index contributed by atoms with van der Waals surface area (Å²) in [6.07, 6.45) is 8.07. The molecule has 0 aromatic carbocycles. The van der Waals surface area contributed by atoms with Crippen LogP contribution in [0.5, 0.6) is 0 Å². The zero-order chi connectivity index (χ0) is 19.6. The monoisotopic (exact) mass is 394 g/mol. The number of likely N-dealkylation sites (tertiary alicyclic amines) is 1. The average molecular weight is 395 g/mol. The Morgan fingerprint density at radius 3 is 2.79 bits per heavy atom. The lowest BCUT2D eigenvalue weighted by molar-refractivity contribution is 0.0636. The smallest absolute Gasteiger partial charge is 0.257 e. The van der Waals surface area contributed by atoms with Crippen LogP contribution in [0.4, 0.5) is 5.82 Å². The number of carbonyl (C=O) groups is 1. The second kappa shape index (κ2) is 8.14. The van der Waals surface area contributed by atoms with Crippen LogP contribution in [0, 0.1) is 5.92 Å². The van der Waals surface area contributed by atoms with Gasteiger partial charge in [0.25, 0.3) is 5.91 Å². The van der Waals surface area contributed by atoms with Crippen molar-refractivity contribution < 1.29 is 4.79 Å². The maximum atomic E-state index is 13.1. The van der Waals surface area contributed by atoms with Gasteiger partial charge in [-0.25, -0.2) is 4.98 Å². The number of aryl methyl sites for hydroxylation is 1. The topological polar surface area (TPSA) is 57.5 Å². The third kappa shape index (κ3) is 3.88. The van der Waals surface area contributed by atoms with Gasteiger partial charge in [-0.1, -0.05) is 6.07 Å². The molecule has 7 nitrogen and oxygen atoms in total. The summed E-state index contributed by atoms with van der Waals surface area (Å²) in [5, 5.41) is 4.41. The molecule has 0 N–H and O–H groups in total. The predicted octanol–water partition coefficient (Wildman–Crippen LogP) is 1.90. The first-order valence-corrected chi connectivity index (χ1v) is 11.0. The highest BCUT2D eigenvalue weighted by molar-refractivity contribution is 5.95. The fourth-order valence-corrected chi connectivity index (χ4v) is 5.08. The van der Waals surface area contributed by atoms with Crippen molar-refractivity contribution in [3.63, 3.8) is 0 Å². The number of piperidine rings is 1. The van der Waals surface area contributed by atoms with Crippen molar-refractivity contribution in [1.82, 2.24) is 24.6 Å². The van der Waals surface area contributed by atoms with Gasteiger partial charge in [-0.15, -0.1) is 0 Å². The Bertz CT molecular complexity index is 842. The first-order chi connectivity index (χ1) is 14.3. The molecular weight excluding hydrogens is 364 g/mol. The molecule has 7 heteroatoms. The summed E-state index contributed by atoms with van der Waals surface area (Å²) in [5.41, 5.74) is 1.98. The molecule has 1 atom stereocenters. The van der Waals surface area contributed by atoms with Crippen molar-refractivity contribution in [2.24, 2.45) is 5.92 Å². The van der Waals surface area contributed by atoms with Crippen LogP contribution in [0.25, 0.3) is 0 Å². The number of fused-ring (bicyclic) bond motifs is 1. The van der Waals surface area contributed by atoms with Gasteiger partial charge in [0.15, 0.2) is 0 Å². The van der Waals surface area contributed by atoms with Gasteiger partial charge in [0.05, 0.1) is 17.5 Å². The van der Waals surface area contributed by atoms with E-state index < -0.39 is 0 Å². The molecule has 5 heterocycles. The molecule has 2 aromatic rings. The first kappa shape index (κ1) is 18.6. The predicted molar refractivity (Wildman–Crippen MR) is 112 cm³/mol. The van der Waals surface area contributed by atoms with Crippen LogP contribution >= 0.6 is 0 Å². The third-order valence-corrected chi connectivity index (χ3v) is 6.63. The molecule has 3 aliphatic rings. The lowest BCUT2D eigenvalue weighted by Crippen LogP contribution is -2.50. The number of aromatic nitrogens is 3. The Hall–Kier alpha value is -2.41. The molecule has 29 heavy (non-hydrogen) atoms. The number of nitrogens with zero attached hydrogens (tertiary/aromatic N) is 6. The zero-order valence-corrected chi connectivity index (χ0v) is 17.0. The number of carbonyl (C=O) groups excluding carboxylic acids is 1. The van der Waals surface area contributed by atoms with E-state index in [2.05, 4.69) is 36.9 Å². The molecule has 154 valence electrons. The fourth-order valence-electron chi connectivity index (χ4n) is 5.08. The number of hydrogen-bond donors (Lipinski definition) is 0. The molecule has 0 bridgehead atoms. The van der Waals surface area contributed by atoms with Crippen LogP contribution in [-0.4, -0.2) is 76.3 Å². The van der Waals surface area contributed by atoms with Gasteiger partial charge in [0.2, 0.25) is 0 Å². The molecule has 0 aliphatic carbocycles. The van der Waals surface area contributed by atoms with Gasteiger partial charge < -0.3 is 9.80 Å². The van der Waals surface area contributed by atoms with Crippen molar-refractivity contribution in [3.05, 3.63) is 41.9 Å². The van der Waals surface area contributed by atoms with Gasteiger partial charge in [0.1, 0.15) is 5.82 Å². The van der Waals surface area contributed by atoms with E-state index >= 15 is 0 Å². The highest BCUT2D eigenvalue weighted by Gasteiger charge is 2.30. The molecule has 1 amide bonds. The minimum absolute atomic E-state index is 0.192. The Kier molecular flexibility index (Phi) is 5.23. The van der Waals surface area contributed by atoms with Crippen molar-refractivity contribution in [3.8, 4) is 0 Å². The molecule has 0 saturated carbocycles. The molecule has 2 fully saturated rings. The van der Waals surface area contributed by atoms with E-state index in [1.54, 1.807) is 6.20 Å². The van der Waals surface area contributed by atoms with Gasteiger partial charge in [-0.05, 0) is 43.7 Å². The standard InChI is InChI=1S/C22H30N6O/c29-22(19-15-24-28-10-4-6-20(19)28)27-9-3-5-18(17-27)16-25-11-13-26(14-12-25)21-7-1-2-8-23-21/h1-2,7-8,15,18H,3-6,9-14,16-17H2. The molecule has 1 unspecified atom stereocenters. The van der Waals surface area contributed by atoms with Crippen LogP contribution in [0.15, 0.2) is 30.6 Å². The summed E-state index contributed by atoms with van der Waals surface area (Å²) < 4.78 is 2.01. The number of piperazine rings is 1. The van der Waals surface area contributed by atoms with E-state index in [1.807, 2.05) is 16.9 Å². The Morgan fingerprint density at radius 2 is 1.97 bits per heavy atom. The van der Waals surface area contributed by atoms with Crippen molar-refractivity contribution >= 4 is 11.7 Å². The molecular formula is C22H30N6O. The number of pyridine rings is 1. The number of hydrogen-bond acceptors (Lipinski definition) is 5. The van der Waals surface area contributed by atoms with E-state index in [0.29, 0.717) is 5.92 Å². The van der Waals surface area contributed by atoms with Gasteiger partial charge in [-0.3, -0.25) is 14.4 Å². The molecule has 0 radical (unpaired) electrons. The number of anilines is 1. The maximum absolute atomic E-state index is 13.1. The lowest BCUT2D eigenvalue weighted by Gasteiger charge is -2.39. The third-order valence-electron chi connectivity index (χ3n) is 6.63. The largest absolute Gasteiger partial charge is 0.354 e. The van der Waals surface area contributed by atoms with E-state index in [0.717, 1.165) is 88.7 Å². The second-order valence-electron chi connectivity index (χ2n) is 8.57. The lowest BCUT2D eigenvalue weighted by atomic mass is 9.96. The SMILES string of the molecule is O=C(c1cnn2c1CCC2)N1CCCC(CN2CCN(c3ccccn3)CC2)C1. The summed E-state index contributed by atoms with van der Waals surface area (Å²) in [5.74, 6) is 1.84. The van der Waals surface area contributed by atoms with Crippen LogP contribution < -0.4 is 4.90 Å². The first-order valence-electron chi connectivity index (χ1n) is 11.0. The summed E-state index contributed by atoms with van der Waals surface area (Å²) in [7, 11) is 0. The molecule has 2 aromatic heterocycles. The maximum Gasteiger partial charge on any atom is 0.257 e. The van der Waals surface area contributed by atoms with Crippen LogP contribution in [-0.2, 0) is 13.0 Å². The van der Waals surface area contributed by atoms with E-state index in [4.69, 9.17) is 0 Å². The van der Waals surface area contributed by atoms with Crippen LogP contribution in [0.3, 0.4) is 0 Å². The zero-order valence-electron chi connectivity index (χ0n) is 17.0. The van der Waals surface area contributed by atoms with E-state index in [1.165, 1.54) is 6.42 Å². The minimum Gasteiger partial charge on any atom is -0.354 e.